The smallest absolute Gasteiger partial charge is 0.269 e. The van der Waals surface area contributed by atoms with Crippen molar-refractivity contribution in [3.05, 3.63) is 88.0 Å². The third kappa shape index (κ3) is 6.95. The number of anilines is 2. The monoisotopic (exact) mass is 768 g/mol. The Balaban J connectivity index is 1.27. The van der Waals surface area contributed by atoms with Crippen LogP contribution in [0.2, 0.25) is 18.6 Å². The van der Waals surface area contributed by atoms with Gasteiger partial charge in [-0.3, -0.25) is 24.5 Å². The van der Waals surface area contributed by atoms with Crippen molar-refractivity contribution in [2.45, 2.75) is 101 Å². The average molecular weight is 769 g/mol. The summed E-state index contributed by atoms with van der Waals surface area (Å²) in [5.74, 6) is -0.0591. The Morgan fingerprint density at radius 1 is 1.00 bits per heavy atom. The summed E-state index contributed by atoms with van der Waals surface area (Å²) in [7, 11) is -0.969. The molecule has 0 aliphatic carbocycles. The molecule has 4 aliphatic heterocycles. The fourth-order valence-electron chi connectivity index (χ4n) is 9.81. The van der Waals surface area contributed by atoms with Crippen molar-refractivity contribution in [3.63, 3.8) is 0 Å². The third-order valence-corrected chi connectivity index (χ3v) is 17.1. The number of aliphatic hydroxyl groups is 1. The maximum atomic E-state index is 15.2. The van der Waals surface area contributed by atoms with Crippen molar-refractivity contribution in [3.8, 4) is 5.75 Å². The first kappa shape index (κ1) is 38.7. The summed E-state index contributed by atoms with van der Waals surface area (Å²) in [5.41, 5.74) is 0.680. The molecule has 13 heteroatoms. The van der Waals surface area contributed by atoms with Crippen LogP contribution < -0.4 is 19.7 Å². The molecule has 4 heterocycles. The lowest BCUT2D eigenvalue weighted by atomic mass is 9.82. The van der Waals surface area contributed by atoms with Gasteiger partial charge in [0.15, 0.2) is 5.60 Å². The number of carbonyl (C=O) groups excluding carboxylic acids is 3. The molecule has 3 aromatic rings. The Morgan fingerprint density at radius 3 is 2.42 bits per heavy atom. The number of aliphatic hydroxyl groups excluding tert-OH is 1. The van der Waals surface area contributed by atoms with Crippen LogP contribution in [-0.4, -0.2) is 79.7 Å². The van der Waals surface area contributed by atoms with Crippen LogP contribution in [0.3, 0.4) is 0 Å². The number of nitro benzene ring substituents is 1. The van der Waals surface area contributed by atoms with E-state index in [0.717, 1.165) is 60.7 Å². The molecule has 0 aromatic heterocycles. The van der Waals surface area contributed by atoms with Gasteiger partial charge >= 0.3 is 0 Å². The van der Waals surface area contributed by atoms with Gasteiger partial charge in [0, 0.05) is 48.8 Å². The number of benzene rings is 3. The zero-order valence-electron chi connectivity index (χ0n) is 32.2. The number of nitro groups is 1. The number of likely N-dealkylation sites (tertiary alicyclic amines) is 1. The molecule has 0 saturated carbocycles. The molecule has 1 N–H and O–H groups in total. The Kier molecular flexibility index (Phi) is 10.9. The predicted molar refractivity (Wildman–Crippen MR) is 212 cm³/mol. The zero-order chi connectivity index (χ0) is 39.1. The van der Waals surface area contributed by atoms with Crippen LogP contribution in [0.15, 0.2) is 66.7 Å². The largest absolute Gasteiger partial charge is 0.497 e. The van der Waals surface area contributed by atoms with Gasteiger partial charge < -0.3 is 29.3 Å². The number of non-ortho nitro benzene ring substituents is 1. The Hall–Kier alpha value is -4.59. The van der Waals surface area contributed by atoms with E-state index in [1.807, 2.05) is 48.2 Å². The summed E-state index contributed by atoms with van der Waals surface area (Å²) >= 11 is 0. The van der Waals surface area contributed by atoms with E-state index in [9.17, 15) is 24.8 Å². The molecule has 3 aromatic carbocycles. The van der Waals surface area contributed by atoms with Crippen LogP contribution in [0.25, 0.3) is 0 Å². The van der Waals surface area contributed by atoms with Gasteiger partial charge in [-0.2, -0.15) is 0 Å². The maximum Gasteiger partial charge on any atom is 0.269 e. The van der Waals surface area contributed by atoms with E-state index in [4.69, 9.17) is 9.47 Å². The van der Waals surface area contributed by atoms with Gasteiger partial charge in [0.25, 0.3) is 11.6 Å². The van der Waals surface area contributed by atoms with E-state index < -0.39 is 30.6 Å². The van der Waals surface area contributed by atoms with Crippen LogP contribution in [0.4, 0.5) is 17.1 Å². The summed E-state index contributed by atoms with van der Waals surface area (Å²) in [5, 5.41) is 23.4. The van der Waals surface area contributed by atoms with E-state index in [2.05, 4.69) is 25.2 Å². The normalized spacial score (nSPS) is 25.7. The lowest BCUT2D eigenvalue weighted by Gasteiger charge is -2.37. The predicted octanol–water partition coefficient (Wildman–Crippen LogP) is 6.04. The molecule has 3 fully saturated rings. The first-order chi connectivity index (χ1) is 26.4. The fraction of sp³-hybridized carbons (Fsp3) is 0.500. The molecule has 0 unspecified atom stereocenters. The molecule has 292 valence electrons. The number of methoxy groups -OCH3 is 1. The first-order valence-corrected chi connectivity index (χ1v) is 22.7. The Labute approximate surface area is 323 Å². The second-order valence-electron chi connectivity index (χ2n) is 16.2. The van der Waals surface area contributed by atoms with E-state index in [-0.39, 0.29) is 54.6 Å². The highest BCUT2D eigenvalue weighted by Gasteiger charge is 2.67. The molecular formula is C42H52N4O8Si. The van der Waals surface area contributed by atoms with Crippen molar-refractivity contribution in [1.29, 1.82) is 0 Å². The minimum absolute atomic E-state index is 0.0219. The number of ether oxygens (including phenoxy) is 2. The quantitative estimate of drug-likeness (QED) is 0.150. The van der Waals surface area contributed by atoms with E-state index in [1.165, 1.54) is 12.1 Å². The summed E-state index contributed by atoms with van der Waals surface area (Å²) in [6.07, 6.45) is 5.41. The lowest BCUT2D eigenvalue weighted by molar-refractivity contribution is -0.385. The third-order valence-electron chi connectivity index (χ3n) is 12.7. The number of hydrogen-bond donors (Lipinski definition) is 1. The highest BCUT2D eigenvalue weighted by Crippen LogP contribution is 2.60. The van der Waals surface area contributed by atoms with Crippen molar-refractivity contribution in [1.82, 2.24) is 4.90 Å². The Morgan fingerprint density at radius 2 is 1.73 bits per heavy atom. The second kappa shape index (κ2) is 15.5. The molecule has 1 spiro atoms. The van der Waals surface area contributed by atoms with Crippen molar-refractivity contribution in [2.75, 3.05) is 36.6 Å². The number of amides is 3. The van der Waals surface area contributed by atoms with Crippen LogP contribution in [0.5, 0.6) is 5.75 Å². The average Bonchev–Trinajstić information content (AvgIpc) is 3.84. The van der Waals surface area contributed by atoms with Crippen molar-refractivity contribution in [2.24, 2.45) is 5.92 Å². The minimum Gasteiger partial charge on any atom is -0.497 e. The highest BCUT2D eigenvalue weighted by atomic mass is 28.3. The van der Waals surface area contributed by atoms with Crippen molar-refractivity contribution < 1.29 is 33.9 Å². The molecule has 55 heavy (non-hydrogen) atoms. The number of carbonyl (C=O) groups is 3. The molecule has 0 bridgehead atoms. The molecule has 12 nitrogen and oxygen atoms in total. The second-order valence-corrected chi connectivity index (χ2v) is 20.8. The first-order valence-electron chi connectivity index (χ1n) is 19.6. The van der Waals surface area contributed by atoms with Gasteiger partial charge in [-0.15, -0.1) is 0 Å². The number of fused-ring (bicyclic) bond motifs is 2. The van der Waals surface area contributed by atoms with Gasteiger partial charge in [-0.1, -0.05) is 62.3 Å². The lowest BCUT2D eigenvalue weighted by Crippen LogP contribution is -2.52. The topological polar surface area (TPSA) is 143 Å². The summed E-state index contributed by atoms with van der Waals surface area (Å²) in [4.78, 5) is 59.3. The number of rotatable bonds is 10. The zero-order valence-corrected chi connectivity index (χ0v) is 33.2. The summed E-state index contributed by atoms with van der Waals surface area (Å²) < 4.78 is 12.6. The molecule has 4 aliphatic rings. The van der Waals surface area contributed by atoms with Crippen LogP contribution in [0, 0.1) is 16.0 Å². The van der Waals surface area contributed by atoms with Gasteiger partial charge in [-0.25, -0.2) is 0 Å². The molecule has 5 atom stereocenters. The summed E-state index contributed by atoms with van der Waals surface area (Å²) in [6, 6.07) is 19.9. The molecule has 3 amide bonds. The number of nitrogens with zero attached hydrogens (tertiary/aromatic N) is 4. The fourth-order valence-corrected chi connectivity index (χ4v) is 13.8. The summed E-state index contributed by atoms with van der Waals surface area (Å²) in [6.45, 7) is 7.75. The van der Waals surface area contributed by atoms with Gasteiger partial charge in [-0.05, 0) is 67.1 Å². The molecule has 7 rings (SSSR count). The molecular weight excluding hydrogens is 717 g/mol. The van der Waals surface area contributed by atoms with Gasteiger partial charge in [0.2, 0.25) is 11.8 Å². The SMILES string of the molecule is COc1ccc([Si](C)(C)[C@H]2[C@H](CC(=O)N3CCC[C@H]3CO)O[C@@]3(C(=O)N(Cc4ccc(N5CCCCCCC5=O)cc4)c4ccc([N+](=O)[O-])cc43)[C@@H]2C)cc1. The standard InChI is InChI=1S/C42H52N4O8Si/c1-28-40(55(3,4)34-19-17-33(53-2)18-20-34)37(25-39(49)44-23-9-10-32(44)27-47)54-42(28)35-24-31(46(51)52)16-21-36(35)45(41(42)50)26-29-12-14-30(15-13-29)43-22-8-6-5-7-11-38(43)48/h12-21,24,28,32,37,40,47H,5-11,22-23,25-27H2,1-4H3/t28-,32+,37+,40-,42+/m1/s1. The molecule has 0 radical (unpaired) electrons. The molecule has 3 saturated heterocycles. The maximum absolute atomic E-state index is 15.2. The minimum atomic E-state index is -2.59. The van der Waals surface area contributed by atoms with Crippen LogP contribution >= 0.6 is 0 Å². The highest BCUT2D eigenvalue weighted by molar-refractivity contribution is 6.91. The van der Waals surface area contributed by atoms with Crippen LogP contribution in [0.1, 0.15) is 69.4 Å². The Bertz CT molecular complexity index is 1940. The van der Waals surface area contributed by atoms with Gasteiger partial charge in [0.05, 0.1) is 57.5 Å². The van der Waals surface area contributed by atoms with Gasteiger partial charge in [0.1, 0.15) is 5.75 Å². The van der Waals surface area contributed by atoms with E-state index in [0.29, 0.717) is 30.8 Å². The van der Waals surface area contributed by atoms with Crippen LogP contribution in [-0.2, 0) is 31.3 Å². The van der Waals surface area contributed by atoms with E-state index >= 15 is 4.79 Å². The number of hydrogen-bond acceptors (Lipinski definition) is 8. The van der Waals surface area contributed by atoms with Crippen molar-refractivity contribution >= 4 is 48.0 Å². The van der Waals surface area contributed by atoms with E-state index in [1.54, 1.807) is 23.0 Å².